The van der Waals surface area contributed by atoms with Gasteiger partial charge in [-0.1, -0.05) is 0 Å². The molecular weight excluding hydrogens is 334 g/mol. The Morgan fingerprint density at radius 1 is 1.19 bits per heavy atom. The fourth-order valence-electron chi connectivity index (χ4n) is 1.98. The first-order valence-electron chi connectivity index (χ1n) is 6.84. The van der Waals surface area contributed by atoms with Crippen molar-refractivity contribution in [1.29, 1.82) is 0 Å². The third kappa shape index (κ3) is 3.59. The van der Waals surface area contributed by atoms with Crippen molar-refractivity contribution in [1.82, 2.24) is 4.98 Å². The Bertz CT molecular complexity index is 650. The van der Waals surface area contributed by atoms with Crippen LogP contribution >= 0.6 is 15.9 Å². The third-order valence-corrected chi connectivity index (χ3v) is 3.52. The Labute approximate surface area is 133 Å². The molecule has 0 radical (unpaired) electrons. The predicted octanol–water partition coefficient (Wildman–Crippen LogP) is 4.58. The van der Waals surface area contributed by atoms with E-state index in [1.54, 1.807) is 7.11 Å². The van der Waals surface area contributed by atoms with Gasteiger partial charge in [-0.05, 0) is 55.8 Å². The first-order valence-corrected chi connectivity index (χ1v) is 7.64. The molecule has 0 aliphatic heterocycles. The van der Waals surface area contributed by atoms with Crippen LogP contribution in [-0.4, -0.2) is 24.3 Å². The second kappa shape index (κ2) is 6.10. The summed E-state index contributed by atoms with van der Waals surface area (Å²) in [7, 11) is 1.63. The molecule has 1 aromatic carbocycles. The van der Waals surface area contributed by atoms with Gasteiger partial charge in [-0.25, -0.2) is 4.98 Å². The predicted molar refractivity (Wildman–Crippen MR) is 87.5 cm³/mol. The summed E-state index contributed by atoms with van der Waals surface area (Å²) in [6.07, 6.45) is 0. The van der Waals surface area contributed by atoms with Crippen LogP contribution in [0.25, 0.3) is 10.9 Å². The molecule has 0 amide bonds. The van der Waals surface area contributed by atoms with Gasteiger partial charge in [0.1, 0.15) is 17.1 Å². The summed E-state index contributed by atoms with van der Waals surface area (Å²) < 4.78 is 17.7. The van der Waals surface area contributed by atoms with E-state index in [2.05, 4.69) is 20.9 Å². The summed E-state index contributed by atoms with van der Waals surface area (Å²) in [5.74, 6) is 2.02. The highest BCUT2D eigenvalue weighted by atomic mass is 79.9. The fourth-order valence-corrected chi connectivity index (χ4v) is 2.58. The molecule has 2 rings (SSSR count). The van der Waals surface area contributed by atoms with Gasteiger partial charge in [-0.3, -0.25) is 0 Å². The topological polar surface area (TPSA) is 40.6 Å². The van der Waals surface area contributed by atoms with Crippen LogP contribution in [0, 0.1) is 0 Å². The molecule has 5 heteroatoms. The van der Waals surface area contributed by atoms with E-state index in [9.17, 15) is 0 Å². The van der Waals surface area contributed by atoms with E-state index in [1.165, 1.54) is 0 Å². The lowest BCUT2D eigenvalue weighted by Gasteiger charge is -2.23. The molecule has 0 unspecified atom stereocenters. The number of hydrogen-bond donors (Lipinski definition) is 0. The van der Waals surface area contributed by atoms with E-state index in [0.717, 1.165) is 26.9 Å². The number of benzene rings is 1. The van der Waals surface area contributed by atoms with Gasteiger partial charge in [-0.15, -0.1) is 0 Å². The fraction of sp³-hybridized carbons (Fsp3) is 0.438. The first-order chi connectivity index (χ1) is 9.85. The molecular formula is C16H20BrNO3. The molecule has 1 aromatic heterocycles. The molecule has 0 saturated carbocycles. The number of nitrogens with zero attached hydrogens (tertiary/aromatic N) is 1. The minimum Gasteiger partial charge on any atom is -0.495 e. The Balaban J connectivity index is 2.67. The number of methoxy groups -OCH3 is 1. The Morgan fingerprint density at radius 3 is 2.48 bits per heavy atom. The molecule has 1 heterocycles. The second-order valence-electron chi connectivity index (χ2n) is 5.58. The zero-order valence-corrected chi connectivity index (χ0v) is 14.6. The number of hydrogen-bond acceptors (Lipinski definition) is 4. The van der Waals surface area contributed by atoms with E-state index in [0.29, 0.717) is 12.5 Å². The average Bonchev–Trinajstić information content (AvgIpc) is 2.38. The Morgan fingerprint density at radius 2 is 1.90 bits per heavy atom. The van der Waals surface area contributed by atoms with Crippen molar-refractivity contribution < 1.29 is 14.2 Å². The largest absolute Gasteiger partial charge is 0.495 e. The highest BCUT2D eigenvalue weighted by Gasteiger charge is 2.18. The molecule has 0 aliphatic rings. The van der Waals surface area contributed by atoms with Crippen molar-refractivity contribution in [2.75, 3.05) is 13.7 Å². The van der Waals surface area contributed by atoms with Gasteiger partial charge in [0.25, 0.3) is 0 Å². The van der Waals surface area contributed by atoms with Gasteiger partial charge in [0, 0.05) is 11.5 Å². The van der Waals surface area contributed by atoms with Crippen molar-refractivity contribution in [2.24, 2.45) is 0 Å². The van der Waals surface area contributed by atoms with Crippen LogP contribution in [0.15, 0.2) is 22.7 Å². The van der Waals surface area contributed by atoms with Gasteiger partial charge in [0.15, 0.2) is 0 Å². The minimum atomic E-state index is -0.301. The molecule has 2 aromatic rings. The van der Waals surface area contributed by atoms with Crippen molar-refractivity contribution in [2.45, 2.75) is 33.3 Å². The van der Waals surface area contributed by atoms with Crippen LogP contribution in [0.2, 0.25) is 0 Å². The van der Waals surface area contributed by atoms with Gasteiger partial charge in [0.2, 0.25) is 5.88 Å². The maximum absolute atomic E-state index is 6.05. The molecule has 114 valence electrons. The van der Waals surface area contributed by atoms with Crippen molar-refractivity contribution in [3.8, 4) is 17.4 Å². The molecule has 0 N–H and O–H groups in total. The molecule has 0 saturated heterocycles. The van der Waals surface area contributed by atoms with E-state index in [1.807, 2.05) is 45.9 Å². The standard InChI is InChI=1S/C16H20BrNO3/c1-6-20-13-9-12(21-16(2,3)4)10-7-8-11(19-5)14(17)15(10)18-13/h7-9H,6H2,1-5H3. The molecule has 0 spiro atoms. The highest BCUT2D eigenvalue weighted by molar-refractivity contribution is 9.10. The Kier molecular flexibility index (Phi) is 4.61. The average molecular weight is 354 g/mol. The van der Waals surface area contributed by atoms with Crippen LogP contribution in [0.1, 0.15) is 27.7 Å². The summed E-state index contributed by atoms with van der Waals surface area (Å²) in [5, 5.41) is 0.918. The van der Waals surface area contributed by atoms with Gasteiger partial charge < -0.3 is 14.2 Å². The summed E-state index contributed by atoms with van der Waals surface area (Å²) in [6, 6.07) is 5.67. The maximum atomic E-state index is 6.05. The maximum Gasteiger partial charge on any atom is 0.217 e. The molecule has 4 nitrogen and oxygen atoms in total. The van der Waals surface area contributed by atoms with E-state index < -0.39 is 0 Å². The minimum absolute atomic E-state index is 0.301. The number of halogens is 1. The first kappa shape index (κ1) is 15.9. The van der Waals surface area contributed by atoms with Crippen LogP contribution in [0.4, 0.5) is 0 Å². The lowest BCUT2D eigenvalue weighted by atomic mass is 10.1. The zero-order valence-electron chi connectivity index (χ0n) is 13.0. The van der Waals surface area contributed by atoms with Gasteiger partial charge >= 0.3 is 0 Å². The van der Waals surface area contributed by atoms with Gasteiger partial charge in [0.05, 0.1) is 23.7 Å². The molecule has 0 atom stereocenters. The van der Waals surface area contributed by atoms with Crippen molar-refractivity contribution >= 4 is 26.8 Å². The van der Waals surface area contributed by atoms with E-state index in [-0.39, 0.29) is 5.60 Å². The molecule has 21 heavy (non-hydrogen) atoms. The number of aromatic nitrogens is 1. The van der Waals surface area contributed by atoms with E-state index >= 15 is 0 Å². The van der Waals surface area contributed by atoms with Crippen LogP contribution in [0.3, 0.4) is 0 Å². The smallest absolute Gasteiger partial charge is 0.217 e. The highest BCUT2D eigenvalue weighted by Crippen LogP contribution is 2.38. The van der Waals surface area contributed by atoms with Crippen molar-refractivity contribution in [3.05, 3.63) is 22.7 Å². The van der Waals surface area contributed by atoms with Crippen molar-refractivity contribution in [3.63, 3.8) is 0 Å². The van der Waals surface area contributed by atoms with Crippen LogP contribution < -0.4 is 14.2 Å². The lowest BCUT2D eigenvalue weighted by Crippen LogP contribution is -2.23. The molecule has 0 aliphatic carbocycles. The Hall–Kier alpha value is -1.49. The number of ether oxygens (including phenoxy) is 3. The molecule has 0 bridgehead atoms. The monoisotopic (exact) mass is 353 g/mol. The zero-order chi connectivity index (χ0) is 15.6. The van der Waals surface area contributed by atoms with Gasteiger partial charge in [-0.2, -0.15) is 0 Å². The number of rotatable bonds is 4. The third-order valence-electron chi connectivity index (χ3n) is 2.75. The summed E-state index contributed by atoms with van der Waals surface area (Å²) in [5.41, 5.74) is 0.462. The normalized spacial score (nSPS) is 11.5. The van der Waals surface area contributed by atoms with Crippen LogP contribution in [-0.2, 0) is 0 Å². The summed E-state index contributed by atoms with van der Waals surface area (Å²) in [6.45, 7) is 8.51. The number of fused-ring (bicyclic) bond motifs is 1. The van der Waals surface area contributed by atoms with Crippen LogP contribution in [0.5, 0.6) is 17.4 Å². The molecule has 0 fully saturated rings. The second-order valence-corrected chi connectivity index (χ2v) is 6.38. The summed E-state index contributed by atoms with van der Waals surface area (Å²) in [4.78, 5) is 4.53. The van der Waals surface area contributed by atoms with E-state index in [4.69, 9.17) is 14.2 Å². The number of pyridine rings is 1. The summed E-state index contributed by atoms with van der Waals surface area (Å²) >= 11 is 3.54. The lowest BCUT2D eigenvalue weighted by molar-refractivity contribution is 0.132. The SMILES string of the molecule is CCOc1cc(OC(C)(C)C)c2ccc(OC)c(Br)c2n1. The quantitative estimate of drug-likeness (QED) is 0.806.